The van der Waals surface area contributed by atoms with E-state index >= 15 is 0 Å². The molecule has 0 spiro atoms. The molecule has 0 amide bonds. The van der Waals surface area contributed by atoms with Gasteiger partial charge in [-0.25, -0.2) is 19.3 Å². The van der Waals surface area contributed by atoms with Crippen LogP contribution in [0, 0.1) is 12.7 Å². The molecule has 4 aromatic heterocycles. The molecule has 0 saturated carbocycles. The number of aryl methyl sites for hydroxylation is 1. The van der Waals surface area contributed by atoms with Crippen molar-refractivity contribution < 1.29 is 13.9 Å². The average Bonchev–Trinajstić information content (AvgIpc) is 3.13. The summed E-state index contributed by atoms with van der Waals surface area (Å²) in [4.78, 5) is 15.5. The summed E-state index contributed by atoms with van der Waals surface area (Å²) in [5.41, 5.74) is 2.69. The number of aromatic nitrogens is 4. The molecule has 0 bridgehead atoms. The normalized spacial score (nSPS) is 11.0. The first-order chi connectivity index (χ1) is 15.0. The molecular formula is C21H18Cl2FN5O2. The van der Waals surface area contributed by atoms with Gasteiger partial charge in [-0.1, -0.05) is 23.2 Å². The second-order valence-electron chi connectivity index (χ2n) is 6.75. The van der Waals surface area contributed by atoms with Gasteiger partial charge < -0.3 is 19.8 Å². The van der Waals surface area contributed by atoms with Crippen molar-refractivity contribution in [1.82, 2.24) is 19.9 Å². The minimum absolute atomic E-state index is 0.0828. The topological polar surface area (TPSA) is 84.9 Å². The van der Waals surface area contributed by atoms with Crippen molar-refractivity contribution in [3.05, 3.63) is 69.5 Å². The second-order valence-corrected chi connectivity index (χ2v) is 7.56. The third kappa shape index (κ3) is 4.50. The molecule has 0 saturated heterocycles. The van der Waals surface area contributed by atoms with Gasteiger partial charge in [-0.2, -0.15) is 0 Å². The van der Waals surface area contributed by atoms with Gasteiger partial charge in [0, 0.05) is 35.5 Å². The molecule has 0 radical (unpaired) electrons. The molecule has 0 aliphatic rings. The van der Waals surface area contributed by atoms with Gasteiger partial charge >= 0.3 is 0 Å². The van der Waals surface area contributed by atoms with Crippen molar-refractivity contribution in [2.45, 2.75) is 20.1 Å². The molecule has 4 heterocycles. The first kappa shape index (κ1) is 21.1. The number of hydrogen-bond acceptors (Lipinski definition) is 6. The van der Waals surface area contributed by atoms with Gasteiger partial charge in [0.05, 0.1) is 29.5 Å². The summed E-state index contributed by atoms with van der Waals surface area (Å²) >= 11 is 12.4. The lowest BCUT2D eigenvalue weighted by Gasteiger charge is -2.14. The number of nitrogens with zero attached hydrogens (tertiary/aromatic N) is 3. The molecule has 4 aromatic rings. The fraction of sp³-hybridized carbons (Fsp3) is 0.190. The van der Waals surface area contributed by atoms with Crippen LogP contribution in [0.5, 0.6) is 11.6 Å². The Hall–Kier alpha value is -3.10. The van der Waals surface area contributed by atoms with Crippen LogP contribution < -0.4 is 14.8 Å². The molecule has 0 unspecified atom stereocenters. The lowest BCUT2D eigenvalue weighted by atomic mass is 10.2. The SMILES string of the molecule is COc1ncc(Cl)cc1CNc1ncc(F)c(COc2cnc3[nH]cc(C)c3c2)c1Cl. The number of ether oxygens (including phenoxy) is 2. The van der Waals surface area contributed by atoms with Gasteiger partial charge in [0.2, 0.25) is 5.88 Å². The molecule has 4 rings (SSSR count). The van der Waals surface area contributed by atoms with Crippen molar-refractivity contribution in [1.29, 1.82) is 0 Å². The predicted molar refractivity (Wildman–Crippen MR) is 117 cm³/mol. The van der Waals surface area contributed by atoms with E-state index in [0.29, 0.717) is 28.0 Å². The Labute approximate surface area is 187 Å². The zero-order chi connectivity index (χ0) is 22.0. The van der Waals surface area contributed by atoms with Gasteiger partial charge in [-0.3, -0.25) is 0 Å². The van der Waals surface area contributed by atoms with Gasteiger partial charge in [-0.05, 0) is 24.6 Å². The number of pyridine rings is 3. The quantitative estimate of drug-likeness (QED) is 0.388. The number of fused-ring (bicyclic) bond motifs is 1. The van der Waals surface area contributed by atoms with E-state index in [9.17, 15) is 4.39 Å². The van der Waals surface area contributed by atoms with Gasteiger partial charge in [0.15, 0.2) is 0 Å². The molecular weight excluding hydrogens is 444 g/mol. The van der Waals surface area contributed by atoms with Crippen LogP contribution in [0.2, 0.25) is 10.0 Å². The fourth-order valence-electron chi connectivity index (χ4n) is 3.07. The summed E-state index contributed by atoms with van der Waals surface area (Å²) in [6, 6.07) is 3.56. The Morgan fingerprint density at radius 1 is 1.13 bits per heavy atom. The molecule has 0 aromatic carbocycles. The minimum Gasteiger partial charge on any atom is -0.487 e. The van der Waals surface area contributed by atoms with Crippen molar-refractivity contribution in [2.75, 3.05) is 12.4 Å². The van der Waals surface area contributed by atoms with Crippen LogP contribution in [-0.4, -0.2) is 27.0 Å². The number of methoxy groups -OCH3 is 1. The number of hydrogen-bond donors (Lipinski definition) is 2. The van der Waals surface area contributed by atoms with Crippen molar-refractivity contribution in [3.63, 3.8) is 0 Å². The Balaban J connectivity index is 1.51. The van der Waals surface area contributed by atoms with E-state index in [0.717, 1.165) is 22.8 Å². The molecule has 0 fully saturated rings. The molecule has 0 atom stereocenters. The zero-order valence-corrected chi connectivity index (χ0v) is 18.2. The molecule has 0 aliphatic carbocycles. The highest BCUT2D eigenvalue weighted by atomic mass is 35.5. The van der Waals surface area contributed by atoms with E-state index in [-0.39, 0.29) is 23.7 Å². The van der Waals surface area contributed by atoms with Crippen LogP contribution in [0.25, 0.3) is 11.0 Å². The highest BCUT2D eigenvalue weighted by Gasteiger charge is 2.16. The lowest BCUT2D eigenvalue weighted by Crippen LogP contribution is -2.08. The fourth-order valence-corrected chi connectivity index (χ4v) is 3.51. The maximum absolute atomic E-state index is 14.4. The molecule has 0 aliphatic heterocycles. The average molecular weight is 462 g/mol. The van der Waals surface area contributed by atoms with Crippen molar-refractivity contribution in [3.8, 4) is 11.6 Å². The molecule has 31 heavy (non-hydrogen) atoms. The molecule has 7 nitrogen and oxygen atoms in total. The first-order valence-electron chi connectivity index (χ1n) is 9.28. The summed E-state index contributed by atoms with van der Waals surface area (Å²) in [6.07, 6.45) is 6.02. The van der Waals surface area contributed by atoms with E-state index in [1.165, 1.54) is 13.3 Å². The largest absolute Gasteiger partial charge is 0.487 e. The molecule has 2 N–H and O–H groups in total. The lowest BCUT2D eigenvalue weighted by molar-refractivity contribution is 0.299. The number of H-pyrrole nitrogens is 1. The molecule has 10 heteroatoms. The monoisotopic (exact) mass is 461 g/mol. The van der Waals surface area contributed by atoms with Crippen molar-refractivity contribution in [2.24, 2.45) is 0 Å². The summed E-state index contributed by atoms with van der Waals surface area (Å²) in [5, 5.41) is 4.59. The first-order valence-corrected chi connectivity index (χ1v) is 10.0. The van der Waals surface area contributed by atoms with Crippen molar-refractivity contribution >= 4 is 40.1 Å². The van der Waals surface area contributed by atoms with E-state index < -0.39 is 5.82 Å². The Morgan fingerprint density at radius 2 is 1.97 bits per heavy atom. The number of halogens is 3. The third-order valence-electron chi connectivity index (χ3n) is 4.70. The predicted octanol–water partition coefficient (Wildman–Crippen LogP) is 5.31. The standard InChI is InChI=1S/C21H18Cl2FN5O2/c1-11-5-25-19-15(11)4-14(8-27-19)31-10-16-17(24)9-28-20(18(16)23)26-6-12-3-13(22)7-29-21(12)30-2/h3-5,7-9H,6,10H2,1-2H3,(H,25,27)(H,26,28). The van der Waals surface area contributed by atoms with Crippen LogP contribution in [0.3, 0.4) is 0 Å². The smallest absolute Gasteiger partial charge is 0.218 e. The van der Waals surface area contributed by atoms with Crippen LogP contribution in [-0.2, 0) is 13.2 Å². The van der Waals surface area contributed by atoms with Crippen LogP contribution in [0.1, 0.15) is 16.7 Å². The van der Waals surface area contributed by atoms with E-state index in [2.05, 4.69) is 25.3 Å². The number of aromatic amines is 1. The number of rotatable bonds is 7. The summed E-state index contributed by atoms with van der Waals surface area (Å²) in [5.74, 6) is 0.663. The highest BCUT2D eigenvalue weighted by molar-refractivity contribution is 6.33. The Kier molecular flexibility index (Phi) is 6.11. The van der Waals surface area contributed by atoms with E-state index in [1.807, 2.05) is 19.2 Å². The summed E-state index contributed by atoms with van der Waals surface area (Å²) in [6.45, 7) is 2.16. The van der Waals surface area contributed by atoms with Gasteiger partial charge in [-0.15, -0.1) is 0 Å². The minimum atomic E-state index is -0.565. The second kappa shape index (κ2) is 8.95. The zero-order valence-electron chi connectivity index (χ0n) is 16.7. The van der Waals surface area contributed by atoms with Crippen LogP contribution >= 0.6 is 23.2 Å². The maximum atomic E-state index is 14.4. The Morgan fingerprint density at radius 3 is 2.77 bits per heavy atom. The number of anilines is 1. The van der Waals surface area contributed by atoms with Gasteiger partial charge in [0.1, 0.15) is 29.6 Å². The highest BCUT2D eigenvalue weighted by Crippen LogP contribution is 2.29. The Bertz CT molecular complexity index is 1250. The van der Waals surface area contributed by atoms with Gasteiger partial charge in [0.25, 0.3) is 0 Å². The molecule has 160 valence electrons. The summed E-state index contributed by atoms with van der Waals surface area (Å²) < 4.78 is 25.4. The van der Waals surface area contributed by atoms with Crippen LogP contribution in [0.15, 0.2) is 36.9 Å². The third-order valence-corrected chi connectivity index (χ3v) is 5.31. The number of nitrogens with one attached hydrogen (secondary N) is 2. The van der Waals surface area contributed by atoms with E-state index in [1.54, 1.807) is 12.3 Å². The van der Waals surface area contributed by atoms with Crippen LogP contribution in [0.4, 0.5) is 10.2 Å². The van der Waals surface area contributed by atoms with E-state index in [4.69, 9.17) is 32.7 Å². The summed E-state index contributed by atoms with van der Waals surface area (Å²) in [7, 11) is 1.51. The maximum Gasteiger partial charge on any atom is 0.218 e.